The maximum atomic E-state index is 6.93. The summed E-state index contributed by atoms with van der Waals surface area (Å²) in [5, 5.41) is 9.11. The largest absolute Gasteiger partial charge is 0.455 e. The molecule has 0 unspecified atom stereocenters. The fourth-order valence-electron chi connectivity index (χ4n) is 8.47. The molecule has 3 nitrogen and oxygen atoms in total. The standard InChI is InChI=1S/C54H36N2O/c1-3-14-37(15-4-1)43-21-13-24-45(34-43)55(46-29-26-38-16-7-9-19-41(38)35-46)50-32-33-51-52(49-31-28-40-18-11-12-25-48(40)54(49)57-51)53(50)56(44-22-5-2-6-23-44)47-30-27-39-17-8-10-20-42(39)36-47/h1-36H. The summed E-state index contributed by atoms with van der Waals surface area (Å²) in [4.78, 5) is 4.84. The minimum absolute atomic E-state index is 0.832. The van der Waals surface area contributed by atoms with Crippen molar-refractivity contribution in [3.8, 4) is 11.1 Å². The van der Waals surface area contributed by atoms with Gasteiger partial charge in [-0.25, -0.2) is 0 Å². The summed E-state index contributed by atoms with van der Waals surface area (Å²) >= 11 is 0. The van der Waals surface area contributed by atoms with Crippen LogP contribution in [0.3, 0.4) is 0 Å². The molecule has 0 aliphatic carbocycles. The zero-order valence-corrected chi connectivity index (χ0v) is 31.1. The smallest absolute Gasteiger partial charge is 0.143 e. The summed E-state index contributed by atoms with van der Waals surface area (Å²) in [6.07, 6.45) is 0. The lowest BCUT2D eigenvalue weighted by Gasteiger charge is -2.34. The number of furan rings is 1. The minimum atomic E-state index is 0.832. The van der Waals surface area contributed by atoms with Gasteiger partial charge >= 0.3 is 0 Å². The van der Waals surface area contributed by atoms with E-state index in [4.69, 9.17) is 4.42 Å². The third-order valence-electron chi connectivity index (χ3n) is 11.2. The lowest BCUT2D eigenvalue weighted by Crippen LogP contribution is -2.17. The molecule has 1 heterocycles. The Balaban J connectivity index is 1.28. The van der Waals surface area contributed by atoms with Crippen LogP contribution in [0, 0.1) is 0 Å². The monoisotopic (exact) mass is 728 g/mol. The Kier molecular flexibility index (Phi) is 7.82. The second kappa shape index (κ2) is 13.6. The summed E-state index contributed by atoms with van der Waals surface area (Å²) in [5.74, 6) is 0. The molecule has 0 radical (unpaired) electrons. The summed E-state index contributed by atoms with van der Waals surface area (Å²) < 4.78 is 6.93. The van der Waals surface area contributed by atoms with Gasteiger partial charge in [-0.1, -0.05) is 152 Å². The molecule has 0 amide bonds. The van der Waals surface area contributed by atoms with Crippen molar-refractivity contribution in [2.45, 2.75) is 0 Å². The van der Waals surface area contributed by atoms with Gasteiger partial charge in [0.05, 0.1) is 16.8 Å². The molecule has 57 heavy (non-hydrogen) atoms. The second-order valence-electron chi connectivity index (χ2n) is 14.6. The van der Waals surface area contributed by atoms with E-state index in [1.807, 2.05) is 0 Å². The molecule has 11 rings (SSSR count). The van der Waals surface area contributed by atoms with Gasteiger partial charge in [-0.3, -0.25) is 0 Å². The zero-order chi connectivity index (χ0) is 37.7. The molecule has 1 aromatic heterocycles. The Morgan fingerprint density at radius 3 is 1.58 bits per heavy atom. The Hall–Kier alpha value is -7.62. The lowest BCUT2D eigenvalue weighted by molar-refractivity contribution is 0.672. The average molecular weight is 729 g/mol. The Bertz CT molecular complexity index is 3260. The highest BCUT2D eigenvalue weighted by Gasteiger charge is 2.28. The van der Waals surface area contributed by atoms with Gasteiger partial charge in [0.2, 0.25) is 0 Å². The van der Waals surface area contributed by atoms with Gasteiger partial charge < -0.3 is 14.2 Å². The molecule has 0 aliphatic rings. The van der Waals surface area contributed by atoms with Crippen molar-refractivity contribution >= 4 is 88.4 Å². The Morgan fingerprint density at radius 1 is 0.316 bits per heavy atom. The maximum Gasteiger partial charge on any atom is 0.143 e. The van der Waals surface area contributed by atoms with Gasteiger partial charge in [0.25, 0.3) is 0 Å². The van der Waals surface area contributed by atoms with Gasteiger partial charge in [-0.05, 0) is 105 Å². The predicted octanol–water partition coefficient (Wildman–Crippen LogP) is 15.7. The van der Waals surface area contributed by atoms with Gasteiger partial charge in [0.15, 0.2) is 0 Å². The van der Waals surface area contributed by atoms with Gasteiger partial charge in [-0.15, -0.1) is 0 Å². The van der Waals surface area contributed by atoms with Crippen LogP contribution in [0.15, 0.2) is 223 Å². The molecule has 0 spiro atoms. The highest BCUT2D eigenvalue weighted by Crippen LogP contribution is 2.52. The fourth-order valence-corrected chi connectivity index (χ4v) is 8.47. The minimum Gasteiger partial charge on any atom is -0.455 e. The van der Waals surface area contributed by atoms with E-state index in [0.29, 0.717) is 0 Å². The zero-order valence-electron chi connectivity index (χ0n) is 31.1. The summed E-state index contributed by atoms with van der Waals surface area (Å²) in [5.41, 5.74) is 10.3. The van der Waals surface area contributed by atoms with E-state index in [2.05, 4.69) is 228 Å². The topological polar surface area (TPSA) is 19.6 Å². The first-order valence-electron chi connectivity index (χ1n) is 19.4. The van der Waals surface area contributed by atoms with Crippen molar-refractivity contribution in [1.29, 1.82) is 0 Å². The molecule has 0 bridgehead atoms. The predicted molar refractivity (Wildman–Crippen MR) is 241 cm³/mol. The maximum absolute atomic E-state index is 6.93. The van der Waals surface area contributed by atoms with Gasteiger partial charge in [0, 0.05) is 33.5 Å². The Labute approximate surface area is 330 Å². The van der Waals surface area contributed by atoms with Crippen molar-refractivity contribution < 1.29 is 4.42 Å². The molecule has 0 saturated heterocycles. The number of fused-ring (bicyclic) bond motifs is 7. The highest BCUT2D eigenvalue weighted by atomic mass is 16.3. The molecule has 10 aromatic carbocycles. The first kappa shape index (κ1) is 32.8. The molecular weight excluding hydrogens is 693 g/mol. The van der Waals surface area contributed by atoms with Crippen molar-refractivity contribution in [2.24, 2.45) is 0 Å². The second-order valence-corrected chi connectivity index (χ2v) is 14.6. The molecule has 0 atom stereocenters. The van der Waals surface area contributed by atoms with Crippen molar-refractivity contribution in [2.75, 3.05) is 9.80 Å². The number of rotatable bonds is 7. The van der Waals surface area contributed by atoms with Crippen LogP contribution in [-0.2, 0) is 0 Å². The molecule has 3 heteroatoms. The third kappa shape index (κ3) is 5.68. The highest BCUT2D eigenvalue weighted by molar-refractivity contribution is 6.22. The van der Waals surface area contributed by atoms with E-state index >= 15 is 0 Å². The first-order valence-corrected chi connectivity index (χ1v) is 19.4. The van der Waals surface area contributed by atoms with E-state index in [1.165, 1.54) is 27.1 Å². The molecule has 0 fully saturated rings. The van der Waals surface area contributed by atoms with E-state index < -0.39 is 0 Å². The number of para-hydroxylation sites is 1. The third-order valence-corrected chi connectivity index (χ3v) is 11.2. The van der Waals surface area contributed by atoms with Crippen LogP contribution >= 0.6 is 0 Å². The molecule has 0 N–H and O–H groups in total. The molecule has 268 valence electrons. The molecular formula is C54H36N2O. The molecule has 0 saturated carbocycles. The van der Waals surface area contributed by atoms with Crippen LogP contribution in [0.5, 0.6) is 0 Å². The van der Waals surface area contributed by atoms with Crippen LogP contribution in [0.1, 0.15) is 0 Å². The van der Waals surface area contributed by atoms with Gasteiger partial charge in [0.1, 0.15) is 11.2 Å². The quantitative estimate of drug-likeness (QED) is 0.163. The van der Waals surface area contributed by atoms with Crippen LogP contribution in [-0.4, -0.2) is 0 Å². The normalized spacial score (nSPS) is 11.5. The van der Waals surface area contributed by atoms with Crippen LogP contribution in [0.4, 0.5) is 34.1 Å². The van der Waals surface area contributed by atoms with Crippen LogP contribution < -0.4 is 9.80 Å². The number of nitrogens with zero attached hydrogens (tertiary/aromatic N) is 2. The van der Waals surface area contributed by atoms with Crippen LogP contribution in [0.2, 0.25) is 0 Å². The summed E-state index contributed by atoms with van der Waals surface area (Å²) in [7, 11) is 0. The van der Waals surface area contributed by atoms with E-state index in [-0.39, 0.29) is 0 Å². The Morgan fingerprint density at radius 2 is 0.860 bits per heavy atom. The first-order chi connectivity index (χ1) is 28.3. The average Bonchev–Trinajstić information content (AvgIpc) is 3.67. The summed E-state index contributed by atoms with van der Waals surface area (Å²) in [6, 6.07) is 78.3. The van der Waals surface area contributed by atoms with E-state index in [1.54, 1.807) is 0 Å². The number of benzene rings is 10. The SMILES string of the molecule is c1ccc(-c2cccc(N(c3ccc4ccccc4c3)c3ccc4oc5c6ccccc6ccc5c4c3N(c3ccccc3)c3ccc4ccccc4c3)c2)cc1. The van der Waals surface area contributed by atoms with Crippen molar-refractivity contribution in [1.82, 2.24) is 0 Å². The van der Waals surface area contributed by atoms with Crippen LogP contribution in [0.25, 0.3) is 65.4 Å². The fraction of sp³-hybridized carbons (Fsp3) is 0. The van der Waals surface area contributed by atoms with E-state index in [0.717, 1.165) is 72.4 Å². The lowest BCUT2D eigenvalue weighted by atomic mass is 10.0. The van der Waals surface area contributed by atoms with Crippen molar-refractivity contribution in [3.05, 3.63) is 218 Å². The number of anilines is 6. The van der Waals surface area contributed by atoms with Gasteiger partial charge in [-0.2, -0.15) is 0 Å². The van der Waals surface area contributed by atoms with E-state index in [9.17, 15) is 0 Å². The molecule has 11 aromatic rings. The van der Waals surface area contributed by atoms with Crippen molar-refractivity contribution in [3.63, 3.8) is 0 Å². The molecule has 0 aliphatic heterocycles. The number of hydrogen-bond acceptors (Lipinski definition) is 3. The summed E-state index contributed by atoms with van der Waals surface area (Å²) in [6.45, 7) is 0. The number of hydrogen-bond donors (Lipinski definition) is 0.